The van der Waals surface area contributed by atoms with E-state index in [2.05, 4.69) is 15.0 Å². The van der Waals surface area contributed by atoms with Crippen LogP contribution < -0.4 is 10.1 Å². The topological polar surface area (TPSA) is 64.4 Å². The molecule has 0 spiro atoms. The molecule has 0 atom stereocenters. The number of ether oxygens (including phenoxy) is 1. The fraction of sp³-hybridized carbons (Fsp3) is 0.158. The van der Waals surface area contributed by atoms with Gasteiger partial charge in [-0.3, -0.25) is 4.79 Å². The summed E-state index contributed by atoms with van der Waals surface area (Å²) < 4.78 is 34.8. The minimum Gasteiger partial charge on any atom is -0.441 e. The fourth-order valence-corrected chi connectivity index (χ4v) is 2.50. The van der Waals surface area contributed by atoms with Crippen molar-refractivity contribution < 1.29 is 22.7 Å². The van der Waals surface area contributed by atoms with Gasteiger partial charge in [-0.1, -0.05) is 23.7 Å². The Labute approximate surface area is 158 Å². The highest BCUT2D eigenvalue weighted by Crippen LogP contribution is 2.26. The number of aryl methyl sites for hydroxylation is 1. The first-order valence-electron chi connectivity index (χ1n) is 8.05. The first kappa shape index (κ1) is 18.8. The van der Waals surface area contributed by atoms with E-state index in [1.165, 1.54) is 12.1 Å². The largest absolute Gasteiger partial charge is 0.441 e. The number of benzene rings is 2. The number of oxazole rings is 1. The SMILES string of the molecule is O=C(CCc1ncc(-c2ccc(Cl)cc2)o1)Nc1ccccc1OC(F)F. The highest BCUT2D eigenvalue weighted by Gasteiger charge is 2.13. The molecule has 140 valence electrons. The Balaban J connectivity index is 1.58. The van der Waals surface area contributed by atoms with Crippen LogP contribution >= 0.6 is 11.6 Å². The zero-order chi connectivity index (χ0) is 19.2. The van der Waals surface area contributed by atoms with Crippen molar-refractivity contribution in [1.82, 2.24) is 4.98 Å². The summed E-state index contributed by atoms with van der Waals surface area (Å²) in [5, 5.41) is 3.17. The van der Waals surface area contributed by atoms with Crippen LogP contribution in [-0.4, -0.2) is 17.5 Å². The van der Waals surface area contributed by atoms with Crippen LogP contribution in [0.5, 0.6) is 5.75 Å². The molecule has 1 heterocycles. The zero-order valence-electron chi connectivity index (χ0n) is 14.0. The van der Waals surface area contributed by atoms with Gasteiger partial charge >= 0.3 is 6.61 Å². The monoisotopic (exact) mass is 392 g/mol. The molecule has 0 radical (unpaired) electrons. The second kappa shape index (κ2) is 8.64. The summed E-state index contributed by atoms with van der Waals surface area (Å²) in [7, 11) is 0. The number of aromatic nitrogens is 1. The molecule has 0 aliphatic carbocycles. The number of hydrogen-bond donors (Lipinski definition) is 1. The van der Waals surface area contributed by atoms with Gasteiger partial charge in [-0.2, -0.15) is 8.78 Å². The maximum atomic E-state index is 12.4. The summed E-state index contributed by atoms with van der Waals surface area (Å²) in [6.07, 6.45) is 1.91. The minimum atomic E-state index is -2.97. The second-order valence-electron chi connectivity index (χ2n) is 5.55. The highest BCUT2D eigenvalue weighted by atomic mass is 35.5. The van der Waals surface area contributed by atoms with Crippen molar-refractivity contribution in [3.05, 3.63) is 65.6 Å². The third-order valence-corrected chi connectivity index (χ3v) is 3.88. The van der Waals surface area contributed by atoms with Crippen LogP contribution in [0.2, 0.25) is 5.02 Å². The summed E-state index contributed by atoms with van der Waals surface area (Å²) in [6, 6.07) is 13.1. The zero-order valence-corrected chi connectivity index (χ0v) is 14.7. The van der Waals surface area contributed by atoms with Crippen LogP contribution in [0.1, 0.15) is 12.3 Å². The highest BCUT2D eigenvalue weighted by molar-refractivity contribution is 6.30. The lowest BCUT2D eigenvalue weighted by molar-refractivity contribution is -0.116. The molecule has 1 aromatic heterocycles. The van der Waals surface area contributed by atoms with E-state index in [0.29, 0.717) is 16.7 Å². The summed E-state index contributed by atoms with van der Waals surface area (Å²) >= 11 is 5.85. The van der Waals surface area contributed by atoms with Crippen molar-refractivity contribution in [2.75, 3.05) is 5.32 Å². The lowest BCUT2D eigenvalue weighted by Gasteiger charge is -2.11. The van der Waals surface area contributed by atoms with Crippen LogP contribution in [0.15, 0.2) is 59.1 Å². The van der Waals surface area contributed by atoms with Crippen molar-refractivity contribution in [2.45, 2.75) is 19.5 Å². The minimum absolute atomic E-state index is 0.0730. The van der Waals surface area contributed by atoms with Gasteiger partial charge in [0.1, 0.15) is 5.75 Å². The Morgan fingerprint density at radius 1 is 1.19 bits per heavy atom. The van der Waals surface area contributed by atoms with E-state index in [0.717, 1.165) is 5.56 Å². The van der Waals surface area contributed by atoms with Gasteiger partial charge in [0.25, 0.3) is 0 Å². The van der Waals surface area contributed by atoms with Gasteiger partial charge in [-0.15, -0.1) is 0 Å². The molecule has 0 saturated heterocycles. The van der Waals surface area contributed by atoms with E-state index in [1.807, 2.05) is 0 Å². The van der Waals surface area contributed by atoms with Crippen molar-refractivity contribution in [2.24, 2.45) is 0 Å². The molecule has 0 bridgehead atoms. The molecule has 0 aliphatic rings. The third-order valence-electron chi connectivity index (χ3n) is 3.63. The number of hydrogen-bond acceptors (Lipinski definition) is 4. The first-order valence-corrected chi connectivity index (χ1v) is 8.43. The number of amides is 1. The molecular formula is C19H15ClF2N2O3. The molecule has 0 unspecified atom stereocenters. The molecule has 1 amide bonds. The van der Waals surface area contributed by atoms with Crippen LogP contribution in [0.25, 0.3) is 11.3 Å². The van der Waals surface area contributed by atoms with E-state index < -0.39 is 6.61 Å². The average molecular weight is 393 g/mol. The molecule has 3 rings (SSSR count). The molecule has 3 aromatic rings. The molecule has 5 nitrogen and oxygen atoms in total. The number of anilines is 1. The van der Waals surface area contributed by atoms with E-state index in [-0.39, 0.29) is 30.2 Å². The van der Waals surface area contributed by atoms with Gasteiger partial charge in [0.15, 0.2) is 11.7 Å². The van der Waals surface area contributed by atoms with Crippen molar-refractivity contribution in [3.8, 4) is 17.1 Å². The van der Waals surface area contributed by atoms with Gasteiger partial charge in [0.2, 0.25) is 5.91 Å². The number of nitrogens with one attached hydrogen (secondary N) is 1. The van der Waals surface area contributed by atoms with E-state index in [9.17, 15) is 13.6 Å². The summed E-state index contributed by atoms with van der Waals surface area (Å²) in [5.41, 5.74) is 0.998. The third kappa shape index (κ3) is 5.27. The Morgan fingerprint density at radius 2 is 1.93 bits per heavy atom. The number of carbonyl (C=O) groups is 1. The molecule has 8 heteroatoms. The summed E-state index contributed by atoms with van der Waals surface area (Å²) in [4.78, 5) is 16.2. The number of nitrogens with zero attached hydrogens (tertiary/aromatic N) is 1. The van der Waals surface area contributed by atoms with Crippen molar-refractivity contribution >= 4 is 23.2 Å². The second-order valence-corrected chi connectivity index (χ2v) is 5.98. The lowest BCUT2D eigenvalue weighted by Crippen LogP contribution is -2.14. The van der Waals surface area contributed by atoms with Gasteiger partial charge in [0, 0.05) is 23.4 Å². The molecule has 2 aromatic carbocycles. The lowest BCUT2D eigenvalue weighted by atomic mass is 10.2. The van der Waals surface area contributed by atoms with E-state index in [4.69, 9.17) is 16.0 Å². The molecule has 0 aliphatic heterocycles. The van der Waals surface area contributed by atoms with Gasteiger partial charge in [-0.05, 0) is 36.4 Å². The Kier molecular flexibility index (Phi) is 6.03. The summed E-state index contributed by atoms with van der Waals surface area (Å²) in [6.45, 7) is -2.97. The number of halogens is 3. The fourth-order valence-electron chi connectivity index (χ4n) is 2.38. The van der Waals surface area contributed by atoms with Crippen LogP contribution in [-0.2, 0) is 11.2 Å². The number of alkyl halides is 2. The molecule has 0 fully saturated rings. The normalized spacial score (nSPS) is 10.8. The van der Waals surface area contributed by atoms with Crippen LogP contribution in [0.4, 0.5) is 14.5 Å². The summed E-state index contributed by atoms with van der Waals surface area (Å²) in [5.74, 6) is 0.499. The number of para-hydroxylation sites is 2. The Morgan fingerprint density at radius 3 is 2.67 bits per heavy atom. The first-order chi connectivity index (χ1) is 13.0. The van der Waals surface area contributed by atoms with Crippen LogP contribution in [0, 0.1) is 0 Å². The molecule has 0 saturated carbocycles. The number of rotatable bonds is 7. The van der Waals surface area contributed by atoms with Gasteiger partial charge in [-0.25, -0.2) is 4.98 Å². The molecule has 1 N–H and O–H groups in total. The quantitative estimate of drug-likeness (QED) is 0.602. The van der Waals surface area contributed by atoms with Gasteiger partial charge in [0.05, 0.1) is 11.9 Å². The maximum absolute atomic E-state index is 12.4. The number of carbonyl (C=O) groups excluding carboxylic acids is 1. The smallest absolute Gasteiger partial charge is 0.387 e. The molecular weight excluding hydrogens is 378 g/mol. The van der Waals surface area contributed by atoms with Gasteiger partial charge < -0.3 is 14.5 Å². The van der Waals surface area contributed by atoms with Crippen molar-refractivity contribution in [1.29, 1.82) is 0 Å². The van der Waals surface area contributed by atoms with Crippen LogP contribution in [0.3, 0.4) is 0 Å². The predicted molar refractivity (Wildman–Crippen MR) is 97.0 cm³/mol. The Bertz CT molecular complexity index is 913. The van der Waals surface area contributed by atoms with E-state index >= 15 is 0 Å². The predicted octanol–water partition coefficient (Wildman–Crippen LogP) is 5.17. The molecule has 27 heavy (non-hydrogen) atoms. The Hall–Kier alpha value is -2.93. The average Bonchev–Trinajstić information content (AvgIpc) is 3.11. The van der Waals surface area contributed by atoms with Crippen molar-refractivity contribution in [3.63, 3.8) is 0 Å². The standard InChI is InChI=1S/C19H15ClF2N2O3/c20-13-7-5-12(6-8-13)16-11-23-18(26-16)10-9-17(25)24-14-3-1-2-4-15(14)27-19(21)22/h1-8,11,19H,9-10H2,(H,24,25). The van der Waals surface area contributed by atoms with E-state index in [1.54, 1.807) is 42.6 Å². The maximum Gasteiger partial charge on any atom is 0.387 e.